The summed E-state index contributed by atoms with van der Waals surface area (Å²) in [7, 11) is 0. The molecule has 1 fully saturated rings. The van der Waals surface area contributed by atoms with Crippen LogP contribution in [0.4, 0.5) is 11.4 Å². The van der Waals surface area contributed by atoms with E-state index in [1.165, 1.54) is 66.5 Å². The zero-order valence-corrected chi connectivity index (χ0v) is 14.4. The van der Waals surface area contributed by atoms with Gasteiger partial charge < -0.3 is 9.80 Å². The molecule has 0 atom stereocenters. The van der Waals surface area contributed by atoms with E-state index in [0.717, 1.165) is 6.54 Å². The molecule has 0 bridgehead atoms. The van der Waals surface area contributed by atoms with E-state index in [0.29, 0.717) is 0 Å². The number of nitrogens with zero attached hydrogens (tertiary/aromatic N) is 2. The first-order valence-corrected chi connectivity index (χ1v) is 9.59. The Morgan fingerprint density at radius 3 is 2.00 bits per heavy atom. The maximum Gasteiger partial charge on any atom is 0.0552 e. The van der Waals surface area contributed by atoms with Gasteiger partial charge in [-0.05, 0) is 63.2 Å². The zero-order chi connectivity index (χ0) is 15.5. The number of fused-ring (bicyclic) bond motifs is 2. The molecule has 2 nitrogen and oxygen atoms in total. The van der Waals surface area contributed by atoms with Gasteiger partial charge in [-0.15, -0.1) is 0 Å². The molecule has 2 heterocycles. The Morgan fingerprint density at radius 2 is 1.35 bits per heavy atom. The van der Waals surface area contributed by atoms with Crippen molar-refractivity contribution in [2.24, 2.45) is 0 Å². The van der Waals surface area contributed by atoms with Gasteiger partial charge in [0.05, 0.1) is 11.4 Å². The summed E-state index contributed by atoms with van der Waals surface area (Å²) in [5.41, 5.74) is 2.74. The Kier molecular flexibility index (Phi) is 4.58. The fourth-order valence-corrected chi connectivity index (χ4v) is 4.75. The molecule has 0 unspecified atom stereocenters. The minimum absolute atomic E-state index is 1.10. The SMILES string of the molecule is c1ccc2c(c1)Sc1ccccc1N2CCCN1CCCCC1. The lowest BCUT2D eigenvalue weighted by Crippen LogP contribution is -2.32. The minimum Gasteiger partial charge on any atom is -0.340 e. The van der Waals surface area contributed by atoms with Gasteiger partial charge in [0.2, 0.25) is 0 Å². The van der Waals surface area contributed by atoms with Gasteiger partial charge in [-0.25, -0.2) is 0 Å². The lowest BCUT2D eigenvalue weighted by molar-refractivity contribution is 0.227. The van der Waals surface area contributed by atoms with E-state index in [1.807, 2.05) is 11.8 Å². The number of rotatable bonds is 4. The summed E-state index contributed by atoms with van der Waals surface area (Å²) in [4.78, 5) is 7.92. The third kappa shape index (κ3) is 3.26. The van der Waals surface area contributed by atoms with Crippen LogP contribution in [0.2, 0.25) is 0 Å². The third-order valence-corrected chi connectivity index (χ3v) is 5.97. The summed E-state index contributed by atoms with van der Waals surface area (Å²) >= 11 is 1.90. The molecule has 0 saturated carbocycles. The highest BCUT2D eigenvalue weighted by atomic mass is 32.2. The van der Waals surface area contributed by atoms with Crippen LogP contribution in [-0.2, 0) is 0 Å². The van der Waals surface area contributed by atoms with Crippen LogP contribution in [0.5, 0.6) is 0 Å². The van der Waals surface area contributed by atoms with E-state index in [4.69, 9.17) is 0 Å². The maximum atomic E-state index is 2.64. The summed E-state index contributed by atoms with van der Waals surface area (Å²) < 4.78 is 0. The van der Waals surface area contributed by atoms with Gasteiger partial charge in [0, 0.05) is 16.3 Å². The molecule has 2 aliphatic rings. The van der Waals surface area contributed by atoms with E-state index < -0.39 is 0 Å². The number of piperidine rings is 1. The van der Waals surface area contributed by atoms with Crippen LogP contribution in [0.3, 0.4) is 0 Å². The summed E-state index contributed by atoms with van der Waals surface area (Å²) in [6.45, 7) is 4.92. The molecule has 2 aromatic rings. The summed E-state index contributed by atoms with van der Waals surface area (Å²) in [5, 5.41) is 0. The molecule has 1 saturated heterocycles. The lowest BCUT2D eigenvalue weighted by atomic mass is 10.1. The van der Waals surface area contributed by atoms with E-state index in [-0.39, 0.29) is 0 Å². The fourth-order valence-electron chi connectivity index (χ4n) is 3.66. The van der Waals surface area contributed by atoms with Crippen molar-refractivity contribution in [3.05, 3.63) is 48.5 Å². The molecular formula is C20H24N2S. The Labute approximate surface area is 143 Å². The van der Waals surface area contributed by atoms with Gasteiger partial charge in [0.1, 0.15) is 0 Å². The highest BCUT2D eigenvalue weighted by molar-refractivity contribution is 7.99. The number of likely N-dealkylation sites (tertiary alicyclic amines) is 1. The van der Waals surface area contributed by atoms with Crippen molar-refractivity contribution >= 4 is 23.1 Å². The molecule has 3 heteroatoms. The Bertz CT molecular complexity index is 619. The van der Waals surface area contributed by atoms with Crippen molar-refractivity contribution in [1.29, 1.82) is 0 Å². The predicted molar refractivity (Wildman–Crippen MR) is 98.9 cm³/mol. The summed E-state index contributed by atoms with van der Waals surface area (Å²) in [5.74, 6) is 0. The van der Waals surface area contributed by atoms with Crippen LogP contribution < -0.4 is 4.90 Å². The first kappa shape index (κ1) is 15.1. The molecule has 2 aliphatic heterocycles. The average Bonchev–Trinajstić information content (AvgIpc) is 2.62. The molecule has 0 amide bonds. The van der Waals surface area contributed by atoms with Crippen LogP contribution in [0.1, 0.15) is 25.7 Å². The lowest BCUT2D eigenvalue weighted by Gasteiger charge is -2.34. The molecule has 0 spiro atoms. The van der Waals surface area contributed by atoms with Crippen LogP contribution in [0.25, 0.3) is 0 Å². The van der Waals surface area contributed by atoms with Gasteiger partial charge in [0.15, 0.2) is 0 Å². The molecule has 0 radical (unpaired) electrons. The molecule has 0 aromatic heterocycles. The van der Waals surface area contributed by atoms with E-state index in [2.05, 4.69) is 58.3 Å². The quantitative estimate of drug-likeness (QED) is 0.766. The summed E-state index contributed by atoms with van der Waals surface area (Å²) in [6, 6.07) is 17.6. The molecular weight excluding hydrogens is 300 g/mol. The van der Waals surface area contributed by atoms with Gasteiger partial charge in [0.25, 0.3) is 0 Å². The fraction of sp³-hybridized carbons (Fsp3) is 0.400. The number of benzene rings is 2. The van der Waals surface area contributed by atoms with E-state index in [9.17, 15) is 0 Å². The molecule has 0 N–H and O–H groups in total. The molecule has 0 aliphatic carbocycles. The van der Waals surface area contributed by atoms with Crippen molar-refractivity contribution in [2.45, 2.75) is 35.5 Å². The number of anilines is 2. The first-order chi connectivity index (χ1) is 11.4. The van der Waals surface area contributed by atoms with Gasteiger partial charge >= 0.3 is 0 Å². The molecule has 120 valence electrons. The van der Waals surface area contributed by atoms with Gasteiger partial charge in [-0.1, -0.05) is 42.4 Å². The van der Waals surface area contributed by atoms with Crippen LogP contribution in [0, 0.1) is 0 Å². The summed E-state index contributed by atoms with van der Waals surface area (Å²) in [6.07, 6.45) is 5.41. The Morgan fingerprint density at radius 1 is 0.739 bits per heavy atom. The second kappa shape index (κ2) is 6.98. The highest BCUT2D eigenvalue weighted by Gasteiger charge is 2.22. The first-order valence-electron chi connectivity index (χ1n) is 8.78. The minimum atomic E-state index is 1.10. The zero-order valence-electron chi connectivity index (χ0n) is 13.6. The third-order valence-electron chi connectivity index (χ3n) is 4.84. The van der Waals surface area contributed by atoms with Crippen LogP contribution in [-0.4, -0.2) is 31.1 Å². The van der Waals surface area contributed by atoms with E-state index >= 15 is 0 Å². The second-order valence-corrected chi connectivity index (χ2v) is 7.53. The Hall–Kier alpha value is -1.45. The monoisotopic (exact) mass is 324 g/mol. The normalized spacial score (nSPS) is 17.7. The van der Waals surface area contributed by atoms with Gasteiger partial charge in [-0.3, -0.25) is 0 Å². The van der Waals surface area contributed by atoms with Crippen molar-refractivity contribution in [1.82, 2.24) is 4.90 Å². The molecule has 2 aromatic carbocycles. The van der Waals surface area contributed by atoms with Gasteiger partial charge in [-0.2, -0.15) is 0 Å². The topological polar surface area (TPSA) is 6.48 Å². The van der Waals surface area contributed by atoms with Crippen molar-refractivity contribution in [3.8, 4) is 0 Å². The standard InChI is InChI=1S/C20H24N2S/c1-6-13-21(14-7-1)15-8-16-22-17-9-2-4-11-19(17)23-20-12-5-3-10-18(20)22/h2-5,9-12H,1,6-8,13-16H2. The average molecular weight is 324 g/mol. The smallest absolute Gasteiger partial charge is 0.0552 e. The second-order valence-electron chi connectivity index (χ2n) is 6.45. The van der Waals surface area contributed by atoms with E-state index in [1.54, 1.807) is 0 Å². The number of para-hydroxylation sites is 2. The molecule has 4 rings (SSSR count). The molecule has 23 heavy (non-hydrogen) atoms. The van der Waals surface area contributed by atoms with Crippen molar-refractivity contribution in [3.63, 3.8) is 0 Å². The van der Waals surface area contributed by atoms with Crippen LogP contribution >= 0.6 is 11.8 Å². The largest absolute Gasteiger partial charge is 0.340 e. The van der Waals surface area contributed by atoms with Crippen molar-refractivity contribution in [2.75, 3.05) is 31.1 Å². The predicted octanol–water partition coefficient (Wildman–Crippen LogP) is 5.17. The Balaban J connectivity index is 1.50. The maximum absolute atomic E-state index is 2.64. The van der Waals surface area contributed by atoms with Crippen LogP contribution in [0.15, 0.2) is 58.3 Å². The van der Waals surface area contributed by atoms with Crippen molar-refractivity contribution < 1.29 is 0 Å². The number of hydrogen-bond acceptors (Lipinski definition) is 3. The number of hydrogen-bond donors (Lipinski definition) is 0. The highest BCUT2D eigenvalue weighted by Crippen LogP contribution is 2.47.